The zero-order valence-electron chi connectivity index (χ0n) is 12.7. The molecule has 0 spiro atoms. The molecule has 3 heterocycles. The van der Waals surface area contributed by atoms with Crippen molar-refractivity contribution in [1.29, 1.82) is 0 Å². The van der Waals surface area contributed by atoms with Crippen molar-refractivity contribution in [2.24, 2.45) is 0 Å². The van der Waals surface area contributed by atoms with Gasteiger partial charge in [0.1, 0.15) is 0 Å². The highest BCUT2D eigenvalue weighted by Crippen LogP contribution is 2.12. The second-order valence-corrected chi connectivity index (χ2v) is 5.45. The first-order valence-electron chi connectivity index (χ1n) is 7.52. The van der Waals surface area contributed by atoms with E-state index in [2.05, 4.69) is 25.1 Å². The van der Waals surface area contributed by atoms with Crippen LogP contribution in [0.4, 0.5) is 5.82 Å². The molecule has 0 amide bonds. The molecule has 0 N–H and O–H groups in total. The van der Waals surface area contributed by atoms with Crippen molar-refractivity contribution in [1.82, 2.24) is 24.9 Å². The molecule has 22 heavy (non-hydrogen) atoms. The molecule has 2 aromatic heterocycles. The number of rotatable bonds is 4. The third-order valence-electron chi connectivity index (χ3n) is 3.89. The first kappa shape index (κ1) is 14.6. The molecule has 116 valence electrons. The molecule has 3 rings (SSSR count). The lowest BCUT2D eigenvalue weighted by Crippen LogP contribution is -2.48. The van der Waals surface area contributed by atoms with Gasteiger partial charge in [0.25, 0.3) is 5.56 Å². The average Bonchev–Trinajstić information content (AvgIpc) is 2.55. The predicted molar refractivity (Wildman–Crippen MR) is 83.9 cm³/mol. The van der Waals surface area contributed by atoms with Crippen molar-refractivity contribution in [2.75, 3.05) is 37.6 Å². The van der Waals surface area contributed by atoms with E-state index in [-0.39, 0.29) is 5.56 Å². The van der Waals surface area contributed by atoms with Gasteiger partial charge in [0.15, 0.2) is 5.82 Å². The molecule has 1 aliphatic heterocycles. The Morgan fingerprint density at radius 2 is 1.86 bits per heavy atom. The highest BCUT2D eigenvalue weighted by Gasteiger charge is 2.18. The smallest absolute Gasteiger partial charge is 0.266 e. The van der Waals surface area contributed by atoms with E-state index in [0.717, 1.165) is 44.2 Å². The van der Waals surface area contributed by atoms with Crippen LogP contribution in [0.3, 0.4) is 0 Å². The topological polar surface area (TPSA) is 67.2 Å². The third-order valence-corrected chi connectivity index (χ3v) is 3.89. The summed E-state index contributed by atoms with van der Waals surface area (Å²) < 4.78 is 1.51. The van der Waals surface area contributed by atoms with Gasteiger partial charge in [-0.15, -0.1) is 5.10 Å². The number of aromatic nitrogens is 4. The Balaban J connectivity index is 1.51. The minimum atomic E-state index is -0.0453. The van der Waals surface area contributed by atoms with Gasteiger partial charge in [-0.2, -0.15) is 10.2 Å². The Kier molecular flexibility index (Phi) is 4.43. The summed E-state index contributed by atoms with van der Waals surface area (Å²) in [7, 11) is 0. The summed E-state index contributed by atoms with van der Waals surface area (Å²) in [5.74, 6) is 0.936. The number of nitrogens with zero attached hydrogens (tertiary/aromatic N) is 6. The molecule has 1 saturated heterocycles. The summed E-state index contributed by atoms with van der Waals surface area (Å²) in [5.41, 5.74) is 0.888. The summed E-state index contributed by atoms with van der Waals surface area (Å²) in [6.45, 7) is 7.17. The van der Waals surface area contributed by atoms with E-state index in [4.69, 9.17) is 0 Å². The second kappa shape index (κ2) is 6.65. The Morgan fingerprint density at radius 3 is 2.55 bits per heavy atom. The molecule has 0 saturated carbocycles. The Morgan fingerprint density at radius 1 is 1.05 bits per heavy atom. The molecular formula is C15H20N6O. The van der Waals surface area contributed by atoms with Crippen LogP contribution in [0, 0.1) is 6.92 Å². The maximum absolute atomic E-state index is 11.6. The summed E-state index contributed by atoms with van der Waals surface area (Å²) in [5, 5.41) is 12.4. The zero-order chi connectivity index (χ0) is 15.4. The summed E-state index contributed by atoms with van der Waals surface area (Å²) in [6, 6.07) is 7.22. The largest absolute Gasteiger partial charge is 0.353 e. The number of hydrogen-bond donors (Lipinski definition) is 0. The highest BCUT2D eigenvalue weighted by atomic mass is 16.1. The van der Waals surface area contributed by atoms with Crippen LogP contribution in [0.15, 0.2) is 35.3 Å². The minimum absolute atomic E-state index is 0.0453. The van der Waals surface area contributed by atoms with Gasteiger partial charge < -0.3 is 4.90 Å². The van der Waals surface area contributed by atoms with E-state index in [0.29, 0.717) is 6.54 Å². The van der Waals surface area contributed by atoms with Crippen LogP contribution in [0.5, 0.6) is 0 Å². The summed E-state index contributed by atoms with van der Waals surface area (Å²) in [6.07, 6.45) is 1.65. The molecule has 2 aromatic rings. The third kappa shape index (κ3) is 3.48. The molecule has 0 radical (unpaired) electrons. The molecule has 0 aromatic carbocycles. The predicted octanol–water partition coefficient (Wildman–Crippen LogP) is 0.164. The van der Waals surface area contributed by atoms with Crippen molar-refractivity contribution in [3.63, 3.8) is 0 Å². The molecule has 1 aliphatic rings. The molecule has 0 atom stereocenters. The minimum Gasteiger partial charge on any atom is -0.353 e. The van der Waals surface area contributed by atoms with Gasteiger partial charge in [-0.3, -0.25) is 9.69 Å². The van der Waals surface area contributed by atoms with Gasteiger partial charge in [0.2, 0.25) is 0 Å². The zero-order valence-corrected chi connectivity index (χ0v) is 12.7. The quantitative estimate of drug-likeness (QED) is 0.801. The first-order chi connectivity index (χ1) is 10.7. The Labute approximate surface area is 129 Å². The lowest BCUT2D eigenvalue weighted by Gasteiger charge is -2.35. The van der Waals surface area contributed by atoms with Gasteiger partial charge >= 0.3 is 0 Å². The molecule has 0 unspecified atom stereocenters. The SMILES string of the molecule is Cc1ccc(N2CCN(CCn3ncccc3=O)CC2)nn1. The molecular weight excluding hydrogens is 280 g/mol. The summed E-state index contributed by atoms with van der Waals surface area (Å²) >= 11 is 0. The monoisotopic (exact) mass is 300 g/mol. The number of aryl methyl sites for hydroxylation is 1. The maximum Gasteiger partial charge on any atom is 0.266 e. The molecule has 7 nitrogen and oxygen atoms in total. The molecule has 7 heteroatoms. The second-order valence-electron chi connectivity index (χ2n) is 5.45. The fraction of sp³-hybridized carbons (Fsp3) is 0.467. The van der Waals surface area contributed by atoms with E-state index >= 15 is 0 Å². The maximum atomic E-state index is 11.6. The fourth-order valence-electron chi connectivity index (χ4n) is 2.55. The average molecular weight is 300 g/mol. The molecule has 0 bridgehead atoms. The van der Waals surface area contributed by atoms with Crippen LogP contribution in [0.25, 0.3) is 0 Å². The van der Waals surface area contributed by atoms with Crippen LogP contribution in [-0.2, 0) is 6.54 Å². The van der Waals surface area contributed by atoms with Gasteiger partial charge in [0, 0.05) is 45.0 Å². The van der Waals surface area contributed by atoms with E-state index in [9.17, 15) is 4.79 Å². The fourth-order valence-corrected chi connectivity index (χ4v) is 2.55. The van der Waals surface area contributed by atoms with E-state index in [1.807, 2.05) is 19.1 Å². The standard InChI is InChI=1S/C15H20N6O/c1-13-4-5-14(18-17-13)20-10-7-19(8-11-20)9-12-21-15(22)3-2-6-16-21/h2-6H,7-12H2,1H3. The van der Waals surface area contributed by atoms with Gasteiger partial charge in [-0.25, -0.2) is 4.68 Å². The molecule has 0 aliphatic carbocycles. The van der Waals surface area contributed by atoms with E-state index in [1.165, 1.54) is 4.68 Å². The number of hydrogen-bond acceptors (Lipinski definition) is 6. The lowest BCUT2D eigenvalue weighted by molar-refractivity contribution is 0.242. The van der Waals surface area contributed by atoms with E-state index < -0.39 is 0 Å². The van der Waals surface area contributed by atoms with E-state index in [1.54, 1.807) is 18.3 Å². The normalized spacial score (nSPS) is 16.0. The number of anilines is 1. The first-order valence-corrected chi connectivity index (χ1v) is 7.52. The van der Waals surface area contributed by atoms with Crippen LogP contribution < -0.4 is 10.5 Å². The van der Waals surface area contributed by atoms with Crippen LogP contribution >= 0.6 is 0 Å². The van der Waals surface area contributed by atoms with Gasteiger partial charge in [-0.05, 0) is 25.1 Å². The highest BCUT2D eigenvalue weighted by molar-refractivity contribution is 5.37. The Hall–Kier alpha value is -2.28. The van der Waals surface area contributed by atoms with Crippen molar-refractivity contribution in [3.8, 4) is 0 Å². The Bertz CT molecular complexity index is 660. The van der Waals surface area contributed by atoms with Crippen molar-refractivity contribution in [3.05, 3.63) is 46.5 Å². The van der Waals surface area contributed by atoms with Crippen LogP contribution in [-0.4, -0.2) is 57.6 Å². The van der Waals surface area contributed by atoms with Gasteiger partial charge in [-0.1, -0.05) is 0 Å². The van der Waals surface area contributed by atoms with Crippen LogP contribution in [0.2, 0.25) is 0 Å². The number of piperazine rings is 1. The van der Waals surface area contributed by atoms with Crippen molar-refractivity contribution in [2.45, 2.75) is 13.5 Å². The van der Waals surface area contributed by atoms with Crippen molar-refractivity contribution < 1.29 is 0 Å². The lowest BCUT2D eigenvalue weighted by atomic mass is 10.3. The van der Waals surface area contributed by atoms with Gasteiger partial charge in [0.05, 0.1) is 12.2 Å². The van der Waals surface area contributed by atoms with Crippen LogP contribution in [0.1, 0.15) is 5.69 Å². The summed E-state index contributed by atoms with van der Waals surface area (Å²) in [4.78, 5) is 16.2. The van der Waals surface area contributed by atoms with Crippen molar-refractivity contribution >= 4 is 5.82 Å². The molecule has 1 fully saturated rings.